The fraction of sp³-hybridized carbons (Fsp3) is 0.261. The van der Waals surface area contributed by atoms with Gasteiger partial charge in [0, 0.05) is 36.5 Å². The molecule has 1 aliphatic rings. The molecule has 3 N–H and O–H groups in total. The lowest BCUT2D eigenvalue weighted by molar-refractivity contribution is 0.0951. The highest BCUT2D eigenvalue weighted by Gasteiger charge is 2.24. The smallest absolute Gasteiger partial charge is 0.319 e. The van der Waals surface area contributed by atoms with E-state index in [1.807, 2.05) is 60.3 Å². The first-order valence-electron chi connectivity index (χ1n) is 10.1. The number of aromatic nitrogens is 2. The maximum atomic E-state index is 12.3. The molecule has 7 nitrogen and oxygen atoms in total. The third-order valence-corrected chi connectivity index (χ3v) is 4.99. The van der Waals surface area contributed by atoms with E-state index in [1.165, 1.54) is 0 Å². The summed E-state index contributed by atoms with van der Waals surface area (Å²) in [5.74, 6) is -0.102. The van der Waals surface area contributed by atoms with Crippen LogP contribution in [0.2, 0.25) is 0 Å². The highest BCUT2D eigenvalue weighted by atomic mass is 16.2. The van der Waals surface area contributed by atoms with Crippen molar-refractivity contribution in [2.24, 2.45) is 0 Å². The fourth-order valence-electron chi connectivity index (χ4n) is 3.08. The second-order valence-electron chi connectivity index (χ2n) is 7.50. The van der Waals surface area contributed by atoms with Crippen molar-refractivity contribution in [1.82, 2.24) is 20.4 Å². The summed E-state index contributed by atoms with van der Waals surface area (Å²) < 4.78 is 1.82. The second kappa shape index (κ2) is 8.82. The number of carbonyl (C=O) groups excluding carboxylic acids is 2. The predicted molar refractivity (Wildman–Crippen MR) is 116 cm³/mol. The first kappa shape index (κ1) is 19.7. The van der Waals surface area contributed by atoms with Gasteiger partial charge in [-0.2, -0.15) is 5.10 Å². The number of para-hydroxylation sites is 1. The van der Waals surface area contributed by atoms with Crippen LogP contribution in [-0.2, 0) is 6.42 Å². The number of nitrogens with one attached hydrogen (secondary N) is 3. The molecule has 0 atom stereocenters. The predicted octanol–water partition coefficient (Wildman–Crippen LogP) is 3.44. The van der Waals surface area contributed by atoms with E-state index < -0.39 is 0 Å². The van der Waals surface area contributed by atoms with Crippen molar-refractivity contribution in [2.45, 2.75) is 32.2 Å². The van der Waals surface area contributed by atoms with Crippen molar-refractivity contribution < 1.29 is 9.59 Å². The molecule has 4 rings (SSSR count). The zero-order chi connectivity index (χ0) is 20.9. The van der Waals surface area contributed by atoms with Crippen molar-refractivity contribution in [3.8, 4) is 5.69 Å². The Morgan fingerprint density at radius 3 is 2.67 bits per heavy atom. The van der Waals surface area contributed by atoms with Crippen molar-refractivity contribution in [1.29, 1.82) is 0 Å². The number of anilines is 1. The number of hydrogen-bond acceptors (Lipinski definition) is 3. The van der Waals surface area contributed by atoms with E-state index in [4.69, 9.17) is 0 Å². The average Bonchev–Trinajstić information content (AvgIpc) is 3.44. The van der Waals surface area contributed by atoms with Gasteiger partial charge in [-0.1, -0.05) is 24.3 Å². The molecule has 0 unspecified atom stereocenters. The molecule has 7 heteroatoms. The quantitative estimate of drug-likeness (QED) is 0.565. The van der Waals surface area contributed by atoms with Gasteiger partial charge in [0.2, 0.25) is 0 Å². The van der Waals surface area contributed by atoms with Gasteiger partial charge in [0.1, 0.15) is 0 Å². The van der Waals surface area contributed by atoms with Crippen LogP contribution in [0, 0.1) is 6.92 Å². The Morgan fingerprint density at radius 1 is 1.10 bits per heavy atom. The molecule has 30 heavy (non-hydrogen) atoms. The van der Waals surface area contributed by atoms with Gasteiger partial charge < -0.3 is 16.0 Å². The first-order chi connectivity index (χ1) is 14.6. The lowest BCUT2D eigenvalue weighted by Gasteiger charge is -2.11. The van der Waals surface area contributed by atoms with Gasteiger partial charge in [-0.3, -0.25) is 4.79 Å². The van der Waals surface area contributed by atoms with Crippen LogP contribution in [0.15, 0.2) is 60.8 Å². The number of hydrogen-bond donors (Lipinski definition) is 3. The van der Waals surface area contributed by atoms with Crippen molar-refractivity contribution in [3.63, 3.8) is 0 Å². The minimum Gasteiger partial charge on any atom is -0.349 e. The summed E-state index contributed by atoms with van der Waals surface area (Å²) >= 11 is 0. The molecule has 3 amide bonds. The molecule has 1 saturated carbocycles. The maximum absolute atomic E-state index is 12.3. The molecule has 154 valence electrons. The highest BCUT2D eigenvalue weighted by molar-refractivity contribution is 5.97. The number of carbonyl (C=O) groups is 2. The van der Waals surface area contributed by atoms with Gasteiger partial charge in [-0.05, 0) is 55.7 Å². The van der Waals surface area contributed by atoms with Crippen LogP contribution in [0.1, 0.15) is 34.5 Å². The van der Waals surface area contributed by atoms with E-state index >= 15 is 0 Å². The van der Waals surface area contributed by atoms with E-state index in [9.17, 15) is 9.59 Å². The molecule has 1 heterocycles. The number of rotatable bonds is 7. The lowest BCUT2D eigenvalue weighted by atomic mass is 10.1. The maximum Gasteiger partial charge on any atom is 0.319 e. The van der Waals surface area contributed by atoms with Gasteiger partial charge in [0.05, 0.1) is 11.4 Å². The Bertz CT molecular complexity index is 1040. The van der Waals surface area contributed by atoms with Gasteiger partial charge >= 0.3 is 6.03 Å². The Morgan fingerprint density at radius 2 is 1.90 bits per heavy atom. The van der Waals surface area contributed by atoms with E-state index in [-0.39, 0.29) is 11.9 Å². The zero-order valence-electron chi connectivity index (χ0n) is 16.9. The third kappa shape index (κ3) is 5.05. The minimum atomic E-state index is -0.305. The standard InChI is InChI=1S/C23H25N5O2/c1-16-7-8-17(22(29)25-18-9-10-18)15-21(16)26-23(30)24-13-11-19-12-14-28(27-19)20-5-3-2-4-6-20/h2-8,12,14-15,18H,9-11,13H2,1H3,(H,25,29)(H2,24,26,30). The normalized spacial score (nSPS) is 13.0. The minimum absolute atomic E-state index is 0.102. The molecule has 0 bridgehead atoms. The zero-order valence-corrected chi connectivity index (χ0v) is 16.9. The Labute approximate surface area is 175 Å². The third-order valence-electron chi connectivity index (χ3n) is 4.99. The highest BCUT2D eigenvalue weighted by Crippen LogP contribution is 2.21. The molecular weight excluding hydrogens is 378 g/mol. The molecular formula is C23H25N5O2. The van der Waals surface area contributed by atoms with E-state index in [0.29, 0.717) is 30.3 Å². The molecule has 0 radical (unpaired) electrons. The fourth-order valence-corrected chi connectivity index (χ4v) is 3.08. The molecule has 1 aromatic heterocycles. The summed E-state index contributed by atoms with van der Waals surface area (Å²) in [6.45, 7) is 2.35. The number of aryl methyl sites for hydroxylation is 1. The molecule has 1 aliphatic carbocycles. The molecule has 1 fully saturated rings. The number of nitrogens with zero attached hydrogens (tertiary/aromatic N) is 2. The van der Waals surface area contributed by atoms with Crippen molar-refractivity contribution in [3.05, 3.63) is 77.6 Å². The van der Waals surface area contributed by atoms with E-state index in [0.717, 1.165) is 29.8 Å². The topological polar surface area (TPSA) is 88.0 Å². The Kier molecular flexibility index (Phi) is 5.79. The SMILES string of the molecule is Cc1ccc(C(=O)NC2CC2)cc1NC(=O)NCCc1ccn(-c2ccccc2)n1. The molecule has 3 aromatic rings. The van der Waals surface area contributed by atoms with Crippen LogP contribution < -0.4 is 16.0 Å². The van der Waals surface area contributed by atoms with Crippen LogP contribution in [0.3, 0.4) is 0 Å². The van der Waals surface area contributed by atoms with E-state index in [1.54, 1.807) is 12.1 Å². The summed E-state index contributed by atoms with van der Waals surface area (Å²) in [5, 5.41) is 13.2. The van der Waals surface area contributed by atoms with Crippen molar-refractivity contribution >= 4 is 17.6 Å². The van der Waals surface area contributed by atoms with Crippen LogP contribution >= 0.6 is 0 Å². The largest absolute Gasteiger partial charge is 0.349 e. The van der Waals surface area contributed by atoms with Gasteiger partial charge in [-0.15, -0.1) is 0 Å². The Hall–Kier alpha value is -3.61. The summed E-state index contributed by atoms with van der Waals surface area (Å²) in [4.78, 5) is 24.5. The number of amides is 3. The second-order valence-corrected chi connectivity index (χ2v) is 7.50. The average molecular weight is 403 g/mol. The lowest BCUT2D eigenvalue weighted by Crippen LogP contribution is -2.31. The van der Waals surface area contributed by atoms with Crippen molar-refractivity contribution in [2.75, 3.05) is 11.9 Å². The molecule has 2 aromatic carbocycles. The summed E-state index contributed by atoms with van der Waals surface area (Å²) in [6, 6.07) is 17.1. The van der Waals surface area contributed by atoms with Gasteiger partial charge in [0.25, 0.3) is 5.91 Å². The van der Waals surface area contributed by atoms with Crippen LogP contribution in [0.25, 0.3) is 5.69 Å². The van der Waals surface area contributed by atoms with Gasteiger partial charge in [-0.25, -0.2) is 9.48 Å². The molecule has 0 aliphatic heterocycles. The molecule has 0 spiro atoms. The number of benzene rings is 2. The Balaban J connectivity index is 1.29. The first-order valence-corrected chi connectivity index (χ1v) is 10.1. The molecule has 0 saturated heterocycles. The van der Waals surface area contributed by atoms with E-state index in [2.05, 4.69) is 21.0 Å². The number of urea groups is 1. The van der Waals surface area contributed by atoms with Crippen LogP contribution in [-0.4, -0.2) is 34.3 Å². The summed E-state index contributed by atoms with van der Waals surface area (Å²) in [6.07, 6.45) is 4.60. The monoisotopic (exact) mass is 403 g/mol. The van der Waals surface area contributed by atoms with Crippen LogP contribution in [0.4, 0.5) is 10.5 Å². The summed E-state index contributed by atoms with van der Waals surface area (Å²) in [7, 11) is 0. The summed E-state index contributed by atoms with van der Waals surface area (Å²) in [5.41, 5.74) is 3.97. The van der Waals surface area contributed by atoms with Crippen LogP contribution in [0.5, 0.6) is 0 Å². The van der Waals surface area contributed by atoms with Gasteiger partial charge in [0.15, 0.2) is 0 Å².